The van der Waals surface area contributed by atoms with Crippen LogP contribution in [0.3, 0.4) is 0 Å². The maximum Gasteiger partial charge on any atom is 0.322 e. The molecular formula is C14H22Cl2N2O. The molecule has 2 fully saturated rings. The Kier molecular flexibility index (Phi) is 5.96. The largest absolute Gasteiger partial charge is 0.322 e. The van der Waals surface area contributed by atoms with E-state index in [9.17, 15) is 4.79 Å². The summed E-state index contributed by atoms with van der Waals surface area (Å²) in [6, 6.07) is 0.405. The Morgan fingerprint density at radius 2 is 1.42 bits per heavy atom. The molecule has 0 unspecified atom stereocenters. The molecule has 5 heteroatoms. The lowest BCUT2D eigenvalue weighted by Crippen LogP contribution is -2.41. The van der Waals surface area contributed by atoms with E-state index in [4.69, 9.17) is 23.2 Å². The molecule has 0 aromatic rings. The second-order valence-electron chi connectivity index (χ2n) is 5.60. The summed E-state index contributed by atoms with van der Waals surface area (Å²) in [5, 5.41) is -0.185. The van der Waals surface area contributed by atoms with Gasteiger partial charge < -0.3 is 0 Å². The van der Waals surface area contributed by atoms with Crippen molar-refractivity contribution >= 4 is 33.9 Å². The molecule has 2 rings (SSSR count). The van der Waals surface area contributed by atoms with Gasteiger partial charge in [-0.15, -0.1) is 0 Å². The minimum Gasteiger partial charge on any atom is -0.270 e. The van der Waals surface area contributed by atoms with Gasteiger partial charge in [0.2, 0.25) is 5.29 Å². The second-order valence-corrected chi connectivity index (χ2v) is 6.27. The molecule has 2 saturated carbocycles. The molecule has 19 heavy (non-hydrogen) atoms. The number of carbonyl (C=O) groups excluding carboxylic acids is 1. The number of halogens is 2. The third-order valence-corrected chi connectivity index (χ3v) is 4.65. The van der Waals surface area contributed by atoms with E-state index in [0.717, 1.165) is 38.5 Å². The van der Waals surface area contributed by atoms with Crippen molar-refractivity contribution in [1.29, 1.82) is 0 Å². The highest BCUT2D eigenvalue weighted by molar-refractivity contribution is 6.71. The van der Waals surface area contributed by atoms with Crippen LogP contribution in [-0.2, 0) is 0 Å². The maximum atomic E-state index is 11.7. The lowest BCUT2D eigenvalue weighted by molar-refractivity contribution is 0.218. The van der Waals surface area contributed by atoms with Crippen LogP contribution in [0, 0.1) is 0 Å². The molecular weight excluding hydrogens is 283 g/mol. The van der Waals surface area contributed by atoms with Crippen molar-refractivity contribution < 1.29 is 4.79 Å². The minimum absolute atomic E-state index is 0.138. The molecule has 0 radical (unpaired) electrons. The number of rotatable bonds is 2. The molecule has 0 aliphatic heterocycles. The maximum absolute atomic E-state index is 11.7. The lowest BCUT2D eigenvalue weighted by Gasteiger charge is -2.32. The Morgan fingerprint density at radius 3 is 1.95 bits per heavy atom. The van der Waals surface area contributed by atoms with Gasteiger partial charge in [-0.25, -0.2) is 0 Å². The van der Waals surface area contributed by atoms with Crippen molar-refractivity contribution in [2.75, 3.05) is 0 Å². The summed E-state index contributed by atoms with van der Waals surface area (Å²) in [7, 11) is 0. The van der Waals surface area contributed by atoms with Gasteiger partial charge in [0.15, 0.2) is 0 Å². The fraction of sp³-hybridized carbons (Fsp3) is 0.857. The molecule has 1 amide bonds. The van der Waals surface area contributed by atoms with E-state index in [0.29, 0.717) is 5.29 Å². The highest BCUT2D eigenvalue weighted by Crippen LogP contribution is 2.26. The van der Waals surface area contributed by atoms with Gasteiger partial charge in [0.25, 0.3) is 0 Å². The van der Waals surface area contributed by atoms with Gasteiger partial charge in [-0.1, -0.05) is 38.5 Å². The first-order chi connectivity index (χ1) is 9.18. The van der Waals surface area contributed by atoms with Crippen LogP contribution in [0.15, 0.2) is 4.99 Å². The van der Waals surface area contributed by atoms with Crippen LogP contribution in [0.25, 0.3) is 0 Å². The smallest absolute Gasteiger partial charge is 0.270 e. The number of nitrogens with zero attached hydrogens (tertiary/aromatic N) is 2. The standard InChI is InChI=1S/C14H22Cl2N2O/c15-13(17-11-7-3-1-4-8-11)18(14(16)19)12-9-5-2-6-10-12/h11-12H,1-10H2. The summed E-state index contributed by atoms with van der Waals surface area (Å²) < 4.78 is 0. The van der Waals surface area contributed by atoms with Gasteiger partial charge in [0.05, 0.1) is 6.04 Å². The molecule has 2 aliphatic rings. The predicted molar refractivity (Wildman–Crippen MR) is 80.1 cm³/mol. The number of hydrogen-bond donors (Lipinski definition) is 0. The Hall–Kier alpha value is -0.280. The zero-order chi connectivity index (χ0) is 13.7. The van der Waals surface area contributed by atoms with Crippen molar-refractivity contribution in [3.8, 4) is 0 Å². The van der Waals surface area contributed by atoms with E-state index < -0.39 is 5.37 Å². The summed E-state index contributed by atoms with van der Waals surface area (Å²) in [4.78, 5) is 17.7. The quantitative estimate of drug-likeness (QED) is 0.309. The third-order valence-electron chi connectivity index (χ3n) is 4.19. The van der Waals surface area contributed by atoms with Gasteiger partial charge >= 0.3 is 5.37 Å². The highest BCUT2D eigenvalue weighted by atomic mass is 35.5. The van der Waals surface area contributed by atoms with Crippen LogP contribution in [0.2, 0.25) is 0 Å². The van der Waals surface area contributed by atoms with Crippen molar-refractivity contribution in [3.05, 3.63) is 0 Å². The summed E-state index contributed by atoms with van der Waals surface area (Å²) >= 11 is 12.0. The van der Waals surface area contributed by atoms with Gasteiger partial charge in [-0.05, 0) is 48.9 Å². The van der Waals surface area contributed by atoms with Crippen molar-refractivity contribution in [2.24, 2.45) is 4.99 Å². The molecule has 108 valence electrons. The van der Waals surface area contributed by atoms with Gasteiger partial charge in [0.1, 0.15) is 0 Å². The van der Waals surface area contributed by atoms with Crippen LogP contribution in [-0.4, -0.2) is 27.6 Å². The number of aliphatic imine (C=N–C) groups is 1. The van der Waals surface area contributed by atoms with Crippen molar-refractivity contribution in [2.45, 2.75) is 76.3 Å². The molecule has 0 aromatic heterocycles. The minimum atomic E-state index is -0.489. The average molecular weight is 305 g/mol. The molecule has 3 nitrogen and oxygen atoms in total. The topological polar surface area (TPSA) is 32.7 Å². The van der Waals surface area contributed by atoms with Gasteiger partial charge in [0, 0.05) is 6.04 Å². The van der Waals surface area contributed by atoms with E-state index >= 15 is 0 Å². The zero-order valence-corrected chi connectivity index (χ0v) is 12.8. The Morgan fingerprint density at radius 1 is 0.895 bits per heavy atom. The van der Waals surface area contributed by atoms with E-state index in [1.807, 2.05) is 0 Å². The number of amidine groups is 1. The number of hydrogen-bond acceptors (Lipinski definition) is 2. The Bertz CT molecular complexity index is 334. The molecule has 0 saturated heterocycles. The van der Waals surface area contributed by atoms with Crippen molar-refractivity contribution in [1.82, 2.24) is 4.90 Å². The zero-order valence-electron chi connectivity index (χ0n) is 11.3. The van der Waals surface area contributed by atoms with Crippen LogP contribution < -0.4 is 0 Å². The highest BCUT2D eigenvalue weighted by Gasteiger charge is 2.28. The normalized spacial score (nSPS) is 23.4. The van der Waals surface area contributed by atoms with Crippen molar-refractivity contribution in [3.63, 3.8) is 0 Å². The van der Waals surface area contributed by atoms with E-state index in [2.05, 4.69) is 4.99 Å². The summed E-state index contributed by atoms with van der Waals surface area (Å²) in [6.07, 6.45) is 11.3. The van der Waals surface area contributed by atoms with Crippen LogP contribution in [0.1, 0.15) is 64.2 Å². The fourth-order valence-electron chi connectivity index (χ4n) is 3.13. The summed E-state index contributed by atoms with van der Waals surface area (Å²) in [6.45, 7) is 0. The van der Waals surface area contributed by atoms with Gasteiger partial charge in [-0.2, -0.15) is 0 Å². The SMILES string of the molecule is O=C(Cl)N(C(Cl)=NC1CCCCC1)C1CCCCC1. The number of carbonyl (C=O) groups is 1. The third kappa shape index (κ3) is 4.35. The summed E-state index contributed by atoms with van der Waals surface area (Å²) in [5.74, 6) is 0. The molecule has 0 heterocycles. The Labute approximate surface area is 125 Å². The van der Waals surface area contributed by atoms with Gasteiger partial charge in [-0.3, -0.25) is 14.7 Å². The molecule has 0 spiro atoms. The Balaban J connectivity index is 2.04. The predicted octanol–water partition coefficient (Wildman–Crippen LogP) is 4.91. The van der Waals surface area contributed by atoms with Crippen LogP contribution in [0.4, 0.5) is 4.79 Å². The summed E-state index contributed by atoms with van der Waals surface area (Å²) in [5.41, 5.74) is 0. The molecule has 0 bridgehead atoms. The fourth-order valence-corrected chi connectivity index (χ4v) is 3.74. The van der Waals surface area contributed by atoms with E-state index in [1.165, 1.54) is 30.6 Å². The monoisotopic (exact) mass is 304 g/mol. The average Bonchev–Trinajstić information content (AvgIpc) is 2.40. The lowest BCUT2D eigenvalue weighted by atomic mass is 9.94. The van der Waals surface area contributed by atoms with E-state index in [-0.39, 0.29) is 12.1 Å². The number of amides is 1. The first kappa shape index (κ1) is 15.1. The molecule has 0 aromatic carbocycles. The van der Waals surface area contributed by atoms with Crippen LogP contribution in [0.5, 0.6) is 0 Å². The van der Waals surface area contributed by atoms with E-state index in [1.54, 1.807) is 0 Å². The van der Waals surface area contributed by atoms with Crippen LogP contribution >= 0.6 is 23.2 Å². The molecule has 2 aliphatic carbocycles. The first-order valence-electron chi connectivity index (χ1n) is 7.40. The molecule has 0 atom stereocenters. The first-order valence-corrected chi connectivity index (χ1v) is 8.16. The second kappa shape index (κ2) is 7.49. The molecule has 0 N–H and O–H groups in total.